The quantitative estimate of drug-likeness (QED) is 0.637. The van der Waals surface area contributed by atoms with Crippen molar-refractivity contribution >= 4 is 5.78 Å². The molecule has 0 aliphatic carbocycles. The molecular weight excluding hydrogens is 164 g/mol. The molecule has 2 heteroatoms. The Morgan fingerprint density at radius 1 is 1.46 bits per heavy atom. The SMILES string of the molecule is CCCC(C)CC(=O)C(C)(C)OC. The Morgan fingerprint density at radius 2 is 2.00 bits per heavy atom. The normalized spacial score (nSPS) is 14.2. The summed E-state index contributed by atoms with van der Waals surface area (Å²) in [6.07, 6.45) is 2.89. The molecule has 0 aromatic carbocycles. The van der Waals surface area contributed by atoms with Gasteiger partial charge < -0.3 is 4.74 Å². The van der Waals surface area contributed by atoms with Crippen LogP contribution in [-0.2, 0) is 9.53 Å². The zero-order valence-electron chi connectivity index (χ0n) is 9.52. The fourth-order valence-electron chi connectivity index (χ4n) is 1.27. The summed E-state index contributed by atoms with van der Waals surface area (Å²) < 4.78 is 5.13. The summed E-state index contributed by atoms with van der Waals surface area (Å²) in [5, 5.41) is 0. The molecule has 0 fully saturated rings. The minimum atomic E-state index is -0.609. The number of ether oxygens (including phenoxy) is 1. The van der Waals surface area contributed by atoms with E-state index in [-0.39, 0.29) is 5.78 Å². The number of hydrogen-bond acceptors (Lipinski definition) is 2. The zero-order valence-corrected chi connectivity index (χ0v) is 9.52. The van der Waals surface area contributed by atoms with E-state index in [1.165, 1.54) is 0 Å². The van der Waals surface area contributed by atoms with E-state index >= 15 is 0 Å². The Bertz CT molecular complexity index is 161. The average molecular weight is 186 g/mol. The lowest BCUT2D eigenvalue weighted by Crippen LogP contribution is -2.34. The van der Waals surface area contributed by atoms with Crippen molar-refractivity contribution in [3.63, 3.8) is 0 Å². The highest BCUT2D eigenvalue weighted by molar-refractivity contribution is 5.86. The van der Waals surface area contributed by atoms with E-state index in [1.807, 2.05) is 13.8 Å². The molecule has 1 unspecified atom stereocenters. The van der Waals surface area contributed by atoms with Crippen molar-refractivity contribution in [3.05, 3.63) is 0 Å². The summed E-state index contributed by atoms with van der Waals surface area (Å²) in [5.74, 6) is 0.683. The first-order valence-corrected chi connectivity index (χ1v) is 5.02. The van der Waals surface area contributed by atoms with Gasteiger partial charge in [0.15, 0.2) is 5.78 Å². The first kappa shape index (κ1) is 12.6. The molecule has 13 heavy (non-hydrogen) atoms. The minimum absolute atomic E-state index is 0.205. The van der Waals surface area contributed by atoms with E-state index in [0.29, 0.717) is 12.3 Å². The number of hydrogen-bond donors (Lipinski definition) is 0. The van der Waals surface area contributed by atoms with Gasteiger partial charge >= 0.3 is 0 Å². The molecule has 2 nitrogen and oxygen atoms in total. The Hall–Kier alpha value is -0.370. The summed E-state index contributed by atoms with van der Waals surface area (Å²) in [5.41, 5.74) is -0.609. The van der Waals surface area contributed by atoms with Crippen LogP contribution in [0.25, 0.3) is 0 Å². The molecule has 0 aromatic rings. The Morgan fingerprint density at radius 3 is 2.38 bits per heavy atom. The maximum atomic E-state index is 11.7. The first-order valence-electron chi connectivity index (χ1n) is 5.02. The lowest BCUT2D eigenvalue weighted by atomic mass is 9.92. The Kier molecular flexibility index (Phi) is 5.23. The van der Waals surface area contributed by atoms with Gasteiger partial charge in [0, 0.05) is 13.5 Å². The van der Waals surface area contributed by atoms with Crippen molar-refractivity contribution in [2.45, 2.75) is 52.6 Å². The summed E-state index contributed by atoms with van der Waals surface area (Å²) in [6, 6.07) is 0. The molecule has 0 bridgehead atoms. The molecular formula is C11H22O2. The van der Waals surface area contributed by atoms with Gasteiger partial charge in [-0.25, -0.2) is 0 Å². The van der Waals surface area contributed by atoms with Gasteiger partial charge in [0.1, 0.15) is 5.60 Å². The van der Waals surface area contributed by atoms with Crippen LogP contribution in [0.15, 0.2) is 0 Å². The van der Waals surface area contributed by atoms with Gasteiger partial charge in [-0.15, -0.1) is 0 Å². The van der Waals surface area contributed by atoms with Gasteiger partial charge in [0.05, 0.1) is 0 Å². The molecule has 0 radical (unpaired) electrons. The van der Waals surface area contributed by atoms with Gasteiger partial charge in [-0.05, 0) is 19.8 Å². The van der Waals surface area contributed by atoms with Crippen molar-refractivity contribution in [2.75, 3.05) is 7.11 Å². The number of Topliss-reactive ketones (excluding diaryl/α,β-unsaturated/α-hetero) is 1. The molecule has 0 aromatic heterocycles. The van der Waals surface area contributed by atoms with Crippen LogP contribution in [0.5, 0.6) is 0 Å². The predicted octanol–water partition coefficient (Wildman–Crippen LogP) is 2.81. The van der Waals surface area contributed by atoms with E-state index < -0.39 is 5.60 Å². The number of methoxy groups -OCH3 is 1. The van der Waals surface area contributed by atoms with Crippen LogP contribution in [-0.4, -0.2) is 18.5 Å². The summed E-state index contributed by atoms with van der Waals surface area (Å²) in [6.45, 7) is 7.91. The molecule has 1 atom stereocenters. The predicted molar refractivity (Wildman–Crippen MR) is 54.8 cm³/mol. The molecule has 0 aliphatic heterocycles. The third-order valence-electron chi connectivity index (χ3n) is 2.50. The maximum absolute atomic E-state index is 11.7. The molecule has 0 rings (SSSR count). The van der Waals surface area contributed by atoms with Crippen molar-refractivity contribution < 1.29 is 9.53 Å². The van der Waals surface area contributed by atoms with E-state index in [4.69, 9.17) is 4.74 Å². The van der Waals surface area contributed by atoms with Crippen molar-refractivity contribution in [1.29, 1.82) is 0 Å². The molecule has 0 N–H and O–H groups in total. The second-order valence-electron chi connectivity index (χ2n) is 4.24. The molecule has 0 aliphatic rings. The van der Waals surface area contributed by atoms with Crippen molar-refractivity contribution in [1.82, 2.24) is 0 Å². The largest absolute Gasteiger partial charge is 0.371 e. The van der Waals surface area contributed by atoms with Crippen LogP contribution in [0.4, 0.5) is 0 Å². The van der Waals surface area contributed by atoms with E-state index in [2.05, 4.69) is 13.8 Å². The van der Waals surface area contributed by atoms with Crippen molar-refractivity contribution in [2.24, 2.45) is 5.92 Å². The molecule has 0 saturated heterocycles. The smallest absolute Gasteiger partial charge is 0.164 e. The van der Waals surface area contributed by atoms with Crippen LogP contribution in [0, 0.1) is 5.92 Å². The van der Waals surface area contributed by atoms with Gasteiger partial charge in [0.25, 0.3) is 0 Å². The van der Waals surface area contributed by atoms with Crippen molar-refractivity contribution in [3.8, 4) is 0 Å². The van der Waals surface area contributed by atoms with Crippen LogP contribution in [0.2, 0.25) is 0 Å². The highest BCUT2D eigenvalue weighted by Crippen LogP contribution is 2.18. The molecule has 0 amide bonds. The highest BCUT2D eigenvalue weighted by atomic mass is 16.5. The second kappa shape index (κ2) is 5.38. The van der Waals surface area contributed by atoms with Gasteiger partial charge in [-0.3, -0.25) is 4.79 Å². The topological polar surface area (TPSA) is 26.3 Å². The lowest BCUT2D eigenvalue weighted by Gasteiger charge is -2.22. The third kappa shape index (κ3) is 4.41. The van der Waals surface area contributed by atoms with Gasteiger partial charge in [0.2, 0.25) is 0 Å². The lowest BCUT2D eigenvalue weighted by molar-refractivity contribution is -0.138. The van der Waals surface area contributed by atoms with Crippen LogP contribution in [0.1, 0.15) is 47.0 Å². The fraction of sp³-hybridized carbons (Fsp3) is 0.909. The molecule has 0 heterocycles. The Labute approximate surface area is 81.7 Å². The summed E-state index contributed by atoms with van der Waals surface area (Å²) in [4.78, 5) is 11.7. The number of carbonyl (C=O) groups is 1. The van der Waals surface area contributed by atoms with Gasteiger partial charge in [-0.1, -0.05) is 26.7 Å². The van der Waals surface area contributed by atoms with Crippen LogP contribution < -0.4 is 0 Å². The zero-order chi connectivity index (χ0) is 10.5. The van der Waals surface area contributed by atoms with Crippen LogP contribution in [0.3, 0.4) is 0 Å². The van der Waals surface area contributed by atoms with E-state index in [1.54, 1.807) is 7.11 Å². The number of carbonyl (C=O) groups excluding carboxylic acids is 1. The first-order chi connectivity index (χ1) is 5.94. The third-order valence-corrected chi connectivity index (χ3v) is 2.50. The second-order valence-corrected chi connectivity index (χ2v) is 4.24. The van der Waals surface area contributed by atoms with E-state index in [0.717, 1.165) is 12.8 Å². The maximum Gasteiger partial charge on any atom is 0.164 e. The van der Waals surface area contributed by atoms with Gasteiger partial charge in [-0.2, -0.15) is 0 Å². The van der Waals surface area contributed by atoms with E-state index in [9.17, 15) is 4.79 Å². The molecule has 0 saturated carbocycles. The number of ketones is 1. The minimum Gasteiger partial charge on any atom is -0.371 e. The fourth-order valence-corrected chi connectivity index (χ4v) is 1.27. The summed E-state index contributed by atoms with van der Waals surface area (Å²) >= 11 is 0. The summed E-state index contributed by atoms with van der Waals surface area (Å²) in [7, 11) is 1.59. The Balaban J connectivity index is 3.99. The standard InChI is InChI=1S/C11H22O2/c1-6-7-9(2)8-10(12)11(3,4)13-5/h9H,6-8H2,1-5H3. The highest BCUT2D eigenvalue weighted by Gasteiger charge is 2.27. The number of rotatable bonds is 6. The average Bonchev–Trinajstić information content (AvgIpc) is 2.04. The van der Waals surface area contributed by atoms with Crippen LogP contribution >= 0.6 is 0 Å². The molecule has 78 valence electrons. The monoisotopic (exact) mass is 186 g/mol. The molecule has 0 spiro atoms.